The van der Waals surface area contributed by atoms with Crippen LogP contribution in [-0.4, -0.2) is 37.0 Å². The fourth-order valence-corrected chi connectivity index (χ4v) is 3.42. The van der Waals surface area contributed by atoms with Gasteiger partial charge in [-0.15, -0.1) is 0 Å². The van der Waals surface area contributed by atoms with E-state index >= 15 is 0 Å². The Hall–Kier alpha value is -2.77. The van der Waals surface area contributed by atoms with E-state index in [9.17, 15) is 14.4 Å². The van der Waals surface area contributed by atoms with Crippen molar-refractivity contribution in [3.8, 4) is 5.75 Å². The number of hydrogen-bond donors (Lipinski definition) is 1. The molecule has 0 bridgehead atoms. The van der Waals surface area contributed by atoms with Gasteiger partial charge in [0, 0.05) is 18.0 Å². The van der Waals surface area contributed by atoms with E-state index in [0.29, 0.717) is 29.4 Å². The van der Waals surface area contributed by atoms with E-state index in [2.05, 4.69) is 5.32 Å². The largest absolute Gasteiger partial charge is 0.477 e. The molecule has 3 rings (SSSR count). The van der Waals surface area contributed by atoms with Crippen molar-refractivity contribution in [3.05, 3.63) is 52.5 Å². The zero-order chi connectivity index (χ0) is 21.7. The number of ether oxygens (including phenoxy) is 2. The number of carbonyl (C=O) groups is 3. The molecule has 158 valence electrons. The molecule has 1 unspecified atom stereocenters. The summed E-state index contributed by atoms with van der Waals surface area (Å²) < 4.78 is 10.5. The quantitative estimate of drug-likeness (QED) is 0.642. The van der Waals surface area contributed by atoms with E-state index in [1.54, 1.807) is 35.2 Å². The average Bonchev–Trinajstić information content (AvgIpc) is 3.14. The first-order valence-electron chi connectivity index (χ1n) is 9.32. The van der Waals surface area contributed by atoms with Gasteiger partial charge in [-0.25, -0.2) is 4.79 Å². The van der Waals surface area contributed by atoms with Gasteiger partial charge in [0.25, 0.3) is 5.91 Å². The lowest BCUT2D eigenvalue weighted by Gasteiger charge is -2.20. The van der Waals surface area contributed by atoms with Gasteiger partial charge in [0.05, 0.1) is 16.4 Å². The molecule has 1 atom stereocenters. The Morgan fingerprint density at radius 1 is 1.20 bits per heavy atom. The van der Waals surface area contributed by atoms with E-state index in [1.807, 2.05) is 0 Å². The summed E-state index contributed by atoms with van der Waals surface area (Å²) >= 11 is 11.9. The number of halogens is 2. The Kier molecular flexibility index (Phi) is 7.18. The maximum atomic E-state index is 12.3. The molecule has 0 spiro atoms. The lowest BCUT2D eigenvalue weighted by Crippen LogP contribution is -2.30. The number of amides is 2. The summed E-state index contributed by atoms with van der Waals surface area (Å²) in [5.41, 5.74) is 1.10. The zero-order valence-corrected chi connectivity index (χ0v) is 17.7. The predicted molar refractivity (Wildman–Crippen MR) is 114 cm³/mol. The smallest absolute Gasteiger partial charge is 0.347 e. The summed E-state index contributed by atoms with van der Waals surface area (Å²) in [6, 6.07) is 11.6. The monoisotopic (exact) mass is 450 g/mol. The van der Waals surface area contributed by atoms with Gasteiger partial charge >= 0.3 is 5.97 Å². The minimum Gasteiger partial charge on any atom is -0.477 e. The summed E-state index contributed by atoms with van der Waals surface area (Å²) in [6.45, 7) is 1.59. The molecular formula is C21H20Cl2N2O5. The molecule has 7 nitrogen and oxygen atoms in total. The van der Waals surface area contributed by atoms with Gasteiger partial charge < -0.3 is 19.7 Å². The fourth-order valence-electron chi connectivity index (χ4n) is 2.97. The molecular weight excluding hydrogens is 431 g/mol. The number of nitrogens with one attached hydrogen (secondary N) is 1. The Morgan fingerprint density at radius 3 is 2.67 bits per heavy atom. The number of esters is 1. The summed E-state index contributed by atoms with van der Waals surface area (Å²) in [5, 5.41) is 3.38. The van der Waals surface area contributed by atoms with Crippen LogP contribution in [0.5, 0.6) is 5.75 Å². The zero-order valence-electron chi connectivity index (χ0n) is 16.2. The van der Waals surface area contributed by atoms with Crippen molar-refractivity contribution in [1.82, 2.24) is 0 Å². The van der Waals surface area contributed by atoms with Crippen LogP contribution in [-0.2, 0) is 19.1 Å². The number of nitrogens with zero attached hydrogens (tertiary/aromatic N) is 1. The summed E-state index contributed by atoms with van der Waals surface area (Å²) in [4.78, 5) is 38.1. The van der Waals surface area contributed by atoms with Crippen molar-refractivity contribution in [2.45, 2.75) is 25.9 Å². The normalized spacial score (nSPS) is 14.4. The minimum absolute atomic E-state index is 0.00922. The van der Waals surface area contributed by atoms with E-state index in [-0.39, 0.29) is 16.7 Å². The molecule has 2 aromatic rings. The van der Waals surface area contributed by atoms with Crippen LogP contribution in [0.1, 0.15) is 19.8 Å². The van der Waals surface area contributed by atoms with Gasteiger partial charge in [-0.2, -0.15) is 0 Å². The maximum absolute atomic E-state index is 12.3. The van der Waals surface area contributed by atoms with E-state index in [4.69, 9.17) is 32.7 Å². The van der Waals surface area contributed by atoms with Crippen molar-refractivity contribution in [3.63, 3.8) is 0 Å². The van der Waals surface area contributed by atoms with Gasteiger partial charge in [-0.05, 0) is 43.7 Å². The van der Waals surface area contributed by atoms with Crippen LogP contribution >= 0.6 is 23.2 Å². The molecule has 1 heterocycles. The molecule has 0 saturated carbocycles. The SMILES string of the molecule is CC(Oc1ccc(Cl)cc1Cl)C(=O)OCC(=O)Nc1ccccc1N1CCCC1=O. The fraction of sp³-hybridized carbons (Fsp3) is 0.286. The predicted octanol–water partition coefficient (Wildman–Crippen LogP) is 4.07. The second-order valence-electron chi connectivity index (χ2n) is 6.66. The van der Waals surface area contributed by atoms with Crippen LogP contribution < -0.4 is 15.0 Å². The van der Waals surface area contributed by atoms with Crippen molar-refractivity contribution < 1.29 is 23.9 Å². The highest BCUT2D eigenvalue weighted by atomic mass is 35.5. The molecule has 1 fully saturated rings. The molecule has 2 aromatic carbocycles. The first-order valence-corrected chi connectivity index (χ1v) is 10.1. The lowest BCUT2D eigenvalue weighted by atomic mass is 10.2. The number of rotatable bonds is 7. The second-order valence-corrected chi connectivity index (χ2v) is 7.50. The van der Waals surface area contributed by atoms with Crippen molar-refractivity contribution in [1.29, 1.82) is 0 Å². The van der Waals surface area contributed by atoms with Gasteiger partial charge in [0.2, 0.25) is 5.91 Å². The van der Waals surface area contributed by atoms with Crippen LogP contribution in [0.25, 0.3) is 0 Å². The third-order valence-electron chi connectivity index (χ3n) is 4.42. The standard InChI is InChI=1S/C21H20Cl2N2O5/c1-13(30-18-9-8-14(22)11-15(18)23)21(28)29-12-19(26)24-16-5-2-3-6-17(16)25-10-4-7-20(25)27/h2-3,5-6,8-9,11,13H,4,7,10,12H2,1H3,(H,24,26). The van der Waals surface area contributed by atoms with Crippen LogP contribution in [0.4, 0.5) is 11.4 Å². The van der Waals surface area contributed by atoms with E-state index in [1.165, 1.54) is 19.1 Å². The van der Waals surface area contributed by atoms with Gasteiger partial charge in [0.1, 0.15) is 5.75 Å². The first kappa shape index (κ1) is 21.9. The van der Waals surface area contributed by atoms with Crippen molar-refractivity contribution in [2.24, 2.45) is 0 Å². The number of benzene rings is 2. The molecule has 9 heteroatoms. The van der Waals surface area contributed by atoms with E-state index < -0.39 is 24.6 Å². The molecule has 0 radical (unpaired) electrons. The number of hydrogen-bond acceptors (Lipinski definition) is 5. The molecule has 1 aliphatic rings. The summed E-state index contributed by atoms with van der Waals surface area (Å²) in [6.07, 6.45) is 0.273. The van der Waals surface area contributed by atoms with Crippen LogP contribution in [0, 0.1) is 0 Å². The molecule has 1 aliphatic heterocycles. The Labute approximate surface area is 183 Å². The molecule has 30 heavy (non-hydrogen) atoms. The highest BCUT2D eigenvalue weighted by Crippen LogP contribution is 2.30. The van der Waals surface area contributed by atoms with Gasteiger partial charge in [-0.3, -0.25) is 9.59 Å². The third-order valence-corrected chi connectivity index (χ3v) is 4.95. The van der Waals surface area contributed by atoms with Crippen molar-refractivity contribution in [2.75, 3.05) is 23.4 Å². The van der Waals surface area contributed by atoms with Crippen LogP contribution in [0.15, 0.2) is 42.5 Å². The topological polar surface area (TPSA) is 84.9 Å². The van der Waals surface area contributed by atoms with Crippen molar-refractivity contribution >= 4 is 52.4 Å². The van der Waals surface area contributed by atoms with E-state index in [0.717, 1.165) is 6.42 Å². The molecule has 1 saturated heterocycles. The van der Waals surface area contributed by atoms with Crippen LogP contribution in [0.2, 0.25) is 10.0 Å². The summed E-state index contributed by atoms with van der Waals surface area (Å²) in [5.74, 6) is -0.965. The number of carbonyl (C=O) groups excluding carboxylic acids is 3. The van der Waals surface area contributed by atoms with Gasteiger partial charge in [0.15, 0.2) is 12.7 Å². The molecule has 1 N–H and O–H groups in total. The Bertz CT molecular complexity index is 966. The minimum atomic E-state index is -0.981. The summed E-state index contributed by atoms with van der Waals surface area (Å²) in [7, 11) is 0. The first-order chi connectivity index (χ1) is 14.3. The Balaban J connectivity index is 1.54. The number of anilines is 2. The second kappa shape index (κ2) is 9.82. The lowest BCUT2D eigenvalue weighted by molar-refractivity contribution is -0.153. The highest BCUT2D eigenvalue weighted by molar-refractivity contribution is 6.35. The van der Waals surface area contributed by atoms with Crippen LogP contribution in [0.3, 0.4) is 0 Å². The third kappa shape index (κ3) is 5.43. The highest BCUT2D eigenvalue weighted by Gasteiger charge is 2.24. The number of para-hydroxylation sites is 2. The Morgan fingerprint density at radius 2 is 1.97 bits per heavy atom. The van der Waals surface area contributed by atoms with Gasteiger partial charge in [-0.1, -0.05) is 35.3 Å². The molecule has 0 aromatic heterocycles. The molecule has 0 aliphatic carbocycles. The maximum Gasteiger partial charge on any atom is 0.347 e. The molecule has 2 amide bonds. The average molecular weight is 451 g/mol.